The highest BCUT2D eigenvalue weighted by molar-refractivity contribution is 7.80. The summed E-state index contributed by atoms with van der Waals surface area (Å²) in [7, 11) is 0. The molecule has 2 nitrogen and oxygen atoms in total. The summed E-state index contributed by atoms with van der Waals surface area (Å²) in [6.07, 6.45) is -3.00. The molecular weight excluding hydrogens is 900 g/mol. The zero-order chi connectivity index (χ0) is 45.0. The summed E-state index contributed by atoms with van der Waals surface area (Å²) in [4.78, 5) is 9.98. The molecule has 0 bridgehead atoms. The average Bonchev–Trinajstić information content (AvgIpc) is 2.95. The highest BCUT2D eigenvalue weighted by atomic mass is 32.1. The van der Waals surface area contributed by atoms with Crippen LogP contribution in [0.5, 0.6) is 0 Å². The quantitative estimate of drug-likeness (QED) is 0.106. The van der Waals surface area contributed by atoms with Crippen molar-refractivity contribution in [3.05, 3.63) is 0 Å². The molecule has 324 valence electrons. The van der Waals surface area contributed by atoms with Crippen LogP contribution in [0.1, 0.15) is 6.42 Å². The van der Waals surface area contributed by atoms with Crippen molar-refractivity contribution in [1.82, 2.24) is 0 Å². The number of hydrogen-bond acceptors (Lipinski definition) is 2. The van der Waals surface area contributed by atoms with Crippen molar-refractivity contribution in [2.24, 2.45) is 0 Å². The topological polar surface area (TPSA) is 37.3 Å². The highest BCUT2D eigenvalue weighted by Crippen LogP contribution is 2.70. The smallest absolute Gasteiger partial charge is 0.410 e. The molecule has 0 aromatic heterocycles. The van der Waals surface area contributed by atoms with Crippen molar-refractivity contribution in [1.29, 1.82) is 0 Å². The predicted molar refractivity (Wildman–Crippen MR) is 105 cm³/mol. The fourth-order valence-corrected chi connectivity index (χ4v) is 3.51. The molecule has 0 atom stereocenters. The highest BCUT2D eigenvalue weighted by Gasteiger charge is 3.02. The van der Waals surface area contributed by atoms with Crippen LogP contribution in [-0.4, -0.2) is 112 Å². The van der Waals surface area contributed by atoms with Crippen molar-refractivity contribution >= 4 is 18.6 Å². The monoisotopic (exact) mass is 906 g/mol. The minimum atomic E-state index is -10.2. The van der Waals surface area contributed by atoms with Crippen LogP contribution in [0.3, 0.4) is 0 Å². The number of carboxylic acids is 1. The van der Waals surface area contributed by atoms with Crippen LogP contribution in [0.4, 0.5) is 140 Å². The van der Waals surface area contributed by atoms with Crippen LogP contribution in [0.15, 0.2) is 0 Å². The Balaban J connectivity index is 7.77. The van der Waals surface area contributed by atoms with Crippen LogP contribution in [-0.2, 0) is 4.79 Å². The van der Waals surface area contributed by atoms with Crippen LogP contribution < -0.4 is 0 Å². The molecule has 0 aliphatic carbocycles. The van der Waals surface area contributed by atoms with Crippen LogP contribution in [0.2, 0.25) is 0 Å². The van der Waals surface area contributed by atoms with Gasteiger partial charge in [0.1, 0.15) is 0 Å². The summed E-state index contributed by atoms with van der Waals surface area (Å²) in [5.41, 5.74) is 0. The molecule has 0 aliphatic heterocycles. The van der Waals surface area contributed by atoms with Crippen molar-refractivity contribution in [2.45, 2.75) is 101 Å². The van der Waals surface area contributed by atoms with Gasteiger partial charge in [0.25, 0.3) is 0 Å². The molecule has 0 aromatic rings. The average molecular weight is 906 g/mol. The number of hydrogen-bond donors (Lipinski definition) is 2. The molecule has 0 saturated heterocycles. The Morgan fingerprint density at radius 3 is 0.611 bits per heavy atom. The van der Waals surface area contributed by atoms with Crippen molar-refractivity contribution in [3.63, 3.8) is 0 Å². The summed E-state index contributed by atoms with van der Waals surface area (Å²) in [5, 5.41) is 7.69. The van der Waals surface area contributed by atoms with Gasteiger partial charge in [-0.2, -0.15) is 153 Å². The molecular formula is C19H6F32O2S. The molecule has 0 spiro atoms. The first-order valence-electron chi connectivity index (χ1n) is 11.6. The molecule has 0 heterocycles. The Labute approximate surface area is 277 Å². The molecule has 0 rings (SSSR count). The van der Waals surface area contributed by atoms with E-state index in [4.69, 9.17) is 5.11 Å². The lowest BCUT2D eigenvalue weighted by atomic mass is 9.82. The van der Waals surface area contributed by atoms with E-state index in [0.29, 0.717) is 0 Å². The van der Waals surface area contributed by atoms with Gasteiger partial charge in [-0.3, -0.25) is 0 Å². The molecule has 0 saturated carbocycles. The standard InChI is InChI=1S/C19H6F32O2S/c20-4(21,1-2-54)6(24,25)8(28,29)10(32,33)12(36,37)14(40,41)16(44,45)18(48,49)19(50,51)17(46,47)15(42,43)13(38,39)11(34,35)9(30,31)7(26,27)5(22,23)3(52)53/h54H,1-2H2,(H,52,53). The number of halogens is 32. The molecule has 0 aliphatic rings. The number of thiol groups is 1. The van der Waals surface area contributed by atoms with Crippen LogP contribution in [0.25, 0.3) is 0 Å². The van der Waals surface area contributed by atoms with E-state index in [-0.39, 0.29) is 0 Å². The van der Waals surface area contributed by atoms with E-state index in [2.05, 4.69) is 12.6 Å². The van der Waals surface area contributed by atoms with Gasteiger partial charge < -0.3 is 5.11 Å². The molecule has 0 fully saturated rings. The second kappa shape index (κ2) is 12.8. The number of rotatable bonds is 18. The molecule has 0 radical (unpaired) electrons. The van der Waals surface area contributed by atoms with Crippen molar-refractivity contribution < 1.29 is 150 Å². The molecule has 1 N–H and O–H groups in total. The fraction of sp³-hybridized carbons (Fsp3) is 0.947. The molecule has 54 heavy (non-hydrogen) atoms. The van der Waals surface area contributed by atoms with Gasteiger partial charge in [0.2, 0.25) is 0 Å². The zero-order valence-electron chi connectivity index (χ0n) is 23.3. The SMILES string of the molecule is O=C(O)C(F)(F)C(F)(F)C(F)(F)C(F)(F)C(F)(F)C(F)(F)C(F)(F)C(F)(F)C(F)(F)C(F)(F)C(F)(F)C(F)(F)C(F)(F)C(F)(F)C(F)(F)C(F)(F)CCS. The normalized spacial score (nSPS) is 16.9. The summed E-state index contributed by atoms with van der Waals surface area (Å²) in [5.74, 6) is -157. The third-order valence-electron chi connectivity index (χ3n) is 6.67. The van der Waals surface area contributed by atoms with Gasteiger partial charge in [-0.1, -0.05) is 0 Å². The minimum Gasteiger partial charge on any atom is -0.477 e. The van der Waals surface area contributed by atoms with E-state index in [1.807, 2.05) is 0 Å². The third-order valence-corrected chi connectivity index (χ3v) is 6.90. The number of aliphatic carboxylic acids is 1. The van der Waals surface area contributed by atoms with Gasteiger partial charge in [0.15, 0.2) is 0 Å². The van der Waals surface area contributed by atoms with Gasteiger partial charge in [-0.25, -0.2) is 4.79 Å². The van der Waals surface area contributed by atoms with Gasteiger partial charge in [0, 0.05) is 6.42 Å². The van der Waals surface area contributed by atoms with Crippen molar-refractivity contribution in [3.8, 4) is 0 Å². The summed E-state index contributed by atoms with van der Waals surface area (Å²) in [6, 6.07) is 0. The third kappa shape index (κ3) is 5.76. The van der Waals surface area contributed by atoms with Crippen LogP contribution in [0, 0.1) is 0 Å². The maximum absolute atomic E-state index is 13.9. The lowest BCUT2D eigenvalue weighted by molar-refractivity contribution is -0.488. The lowest BCUT2D eigenvalue weighted by Crippen LogP contribution is -2.80. The Morgan fingerprint density at radius 1 is 0.315 bits per heavy atom. The Bertz CT molecular complexity index is 1390. The van der Waals surface area contributed by atoms with Gasteiger partial charge in [-0.05, 0) is 5.75 Å². The van der Waals surface area contributed by atoms with E-state index < -0.39 is 113 Å². The molecule has 35 heteroatoms. The van der Waals surface area contributed by atoms with Crippen LogP contribution >= 0.6 is 12.6 Å². The first-order chi connectivity index (χ1) is 22.8. The Hall–Kier alpha value is -2.42. The molecule has 0 amide bonds. The number of carbonyl (C=O) groups is 1. The van der Waals surface area contributed by atoms with Gasteiger partial charge in [-0.15, -0.1) is 0 Å². The maximum atomic E-state index is 13.9. The maximum Gasteiger partial charge on any atom is 0.410 e. The van der Waals surface area contributed by atoms with E-state index in [1.54, 1.807) is 0 Å². The molecule has 0 aromatic carbocycles. The summed E-state index contributed by atoms with van der Waals surface area (Å²) in [6.45, 7) is 0. The Kier molecular flexibility index (Phi) is 12.2. The first kappa shape index (κ1) is 51.6. The fourth-order valence-electron chi connectivity index (χ4n) is 3.22. The predicted octanol–water partition coefficient (Wildman–Crippen LogP) is 10.6. The second-order valence-electron chi connectivity index (χ2n) is 10.1. The largest absolute Gasteiger partial charge is 0.477 e. The van der Waals surface area contributed by atoms with E-state index in [9.17, 15) is 145 Å². The lowest BCUT2D eigenvalue weighted by Gasteiger charge is -2.47. The summed E-state index contributed by atoms with van der Waals surface area (Å²) < 4.78 is 437. The summed E-state index contributed by atoms with van der Waals surface area (Å²) >= 11 is 2.64. The second-order valence-corrected chi connectivity index (χ2v) is 10.5. The van der Waals surface area contributed by atoms with Gasteiger partial charge >= 0.3 is 101 Å². The minimum absolute atomic E-state index is 1.89. The van der Waals surface area contributed by atoms with Gasteiger partial charge in [0.05, 0.1) is 0 Å². The molecule has 0 unspecified atom stereocenters. The van der Waals surface area contributed by atoms with E-state index in [0.717, 1.165) is 0 Å². The first-order valence-corrected chi connectivity index (χ1v) is 12.3. The number of alkyl halides is 32. The number of carboxylic acid groups (broad SMARTS) is 1. The van der Waals surface area contributed by atoms with E-state index >= 15 is 0 Å². The Morgan fingerprint density at radius 2 is 0.463 bits per heavy atom. The van der Waals surface area contributed by atoms with E-state index in [1.165, 1.54) is 0 Å². The zero-order valence-corrected chi connectivity index (χ0v) is 24.2. The van der Waals surface area contributed by atoms with Crippen molar-refractivity contribution in [2.75, 3.05) is 5.75 Å².